The van der Waals surface area contributed by atoms with Crippen LogP contribution in [0.25, 0.3) is 5.69 Å². The molecule has 1 unspecified atom stereocenters. The molecule has 20 heavy (non-hydrogen) atoms. The number of rotatable bonds is 6. The highest BCUT2D eigenvalue weighted by Gasteiger charge is 2.14. The molecule has 1 fully saturated rings. The molecular weight excluding hydrogens is 250 g/mol. The molecule has 0 bridgehead atoms. The van der Waals surface area contributed by atoms with E-state index in [0.29, 0.717) is 6.10 Å². The molecule has 1 aliphatic rings. The van der Waals surface area contributed by atoms with Crippen molar-refractivity contribution >= 4 is 0 Å². The third-order valence-electron chi connectivity index (χ3n) is 3.73. The SMILES string of the molecule is c1ccc(-n2cccn2)c(CNCCC2CCCO2)c1. The molecule has 1 saturated heterocycles. The maximum Gasteiger partial charge on any atom is 0.0690 e. The van der Waals surface area contributed by atoms with E-state index in [1.165, 1.54) is 18.4 Å². The summed E-state index contributed by atoms with van der Waals surface area (Å²) in [6, 6.07) is 10.3. The second-order valence-corrected chi connectivity index (χ2v) is 5.18. The highest BCUT2D eigenvalue weighted by Crippen LogP contribution is 2.15. The van der Waals surface area contributed by atoms with Crippen molar-refractivity contribution in [1.82, 2.24) is 15.1 Å². The van der Waals surface area contributed by atoms with Gasteiger partial charge in [0.2, 0.25) is 0 Å². The standard InChI is InChI=1S/C16H21N3O/c1-2-7-16(19-11-4-9-18-19)14(5-1)13-17-10-8-15-6-3-12-20-15/h1-2,4-5,7,9,11,15,17H,3,6,8,10,12-13H2. The average molecular weight is 271 g/mol. The first kappa shape index (κ1) is 13.3. The van der Waals surface area contributed by atoms with Gasteiger partial charge in [-0.25, -0.2) is 4.68 Å². The Morgan fingerprint density at radius 3 is 3.05 bits per heavy atom. The van der Waals surface area contributed by atoms with E-state index in [1.807, 2.05) is 29.2 Å². The molecule has 0 aliphatic carbocycles. The second kappa shape index (κ2) is 6.68. The molecule has 1 aromatic heterocycles. The first-order valence-electron chi connectivity index (χ1n) is 7.34. The monoisotopic (exact) mass is 271 g/mol. The van der Waals surface area contributed by atoms with E-state index in [2.05, 4.69) is 28.6 Å². The smallest absolute Gasteiger partial charge is 0.0690 e. The first-order chi connectivity index (χ1) is 9.93. The summed E-state index contributed by atoms with van der Waals surface area (Å²) in [6.07, 6.45) is 7.78. The van der Waals surface area contributed by atoms with Gasteiger partial charge in [0.1, 0.15) is 0 Å². The highest BCUT2D eigenvalue weighted by molar-refractivity contribution is 5.40. The van der Waals surface area contributed by atoms with Crippen molar-refractivity contribution in [3.63, 3.8) is 0 Å². The van der Waals surface area contributed by atoms with E-state index in [1.54, 1.807) is 0 Å². The Labute approximate surface area is 119 Å². The number of aromatic nitrogens is 2. The number of hydrogen-bond acceptors (Lipinski definition) is 3. The van der Waals surface area contributed by atoms with Crippen LogP contribution in [0, 0.1) is 0 Å². The minimum absolute atomic E-state index is 0.462. The van der Waals surface area contributed by atoms with Crippen LogP contribution in [0.4, 0.5) is 0 Å². The van der Waals surface area contributed by atoms with Crippen molar-refractivity contribution in [3.05, 3.63) is 48.3 Å². The van der Waals surface area contributed by atoms with Crippen LogP contribution < -0.4 is 5.32 Å². The van der Waals surface area contributed by atoms with Gasteiger partial charge < -0.3 is 10.1 Å². The van der Waals surface area contributed by atoms with E-state index in [4.69, 9.17) is 4.74 Å². The summed E-state index contributed by atoms with van der Waals surface area (Å²) in [4.78, 5) is 0. The van der Waals surface area contributed by atoms with Gasteiger partial charge in [-0.2, -0.15) is 5.10 Å². The molecule has 1 N–H and O–H groups in total. The molecule has 3 rings (SSSR count). The summed E-state index contributed by atoms with van der Waals surface area (Å²) in [5.41, 5.74) is 2.41. The largest absolute Gasteiger partial charge is 0.378 e. The molecule has 2 heterocycles. The van der Waals surface area contributed by atoms with Crippen molar-refractivity contribution in [3.8, 4) is 5.69 Å². The van der Waals surface area contributed by atoms with E-state index >= 15 is 0 Å². The topological polar surface area (TPSA) is 39.1 Å². The summed E-state index contributed by atoms with van der Waals surface area (Å²) in [5.74, 6) is 0. The summed E-state index contributed by atoms with van der Waals surface area (Å²) in [7, 11) is 0. The maximum absolute atomic E-state index is 5.63. The number of nitrogens with zero attached hydrogens (tertiary/aromatic N) is 2. The Balaban J connectivity index is 1.54. The van der Waals surface area contributed by atoms with Gasteiger partial charge in [0, 0.05) is 25.5 Å². The van der Waals surface area contributed by atoms with Gasteiger partial charge in [0.15, 0.2) is 0 Å². The normalized spacial score (nSPS) is 18.5. The fraction of sp³-hybridized carbons (Fsp3) is 0.438. The lowest BCUT2D eigenvalue weighted by atomic mass is 10.1. The number of nitrogens with one attached hydrogen (secondary N) is 1. The van der Waals surface area contributed by atoms with Crippen LogP contribution in [0.15, 0.2) is 42.7 Å². The molecule has 1 aliphatic heterocycles. The van der Waals surface area contributed by atoms with Crippen LogP contribution >= 0.6 is 0 Å². The third-order valence-corrected chi connectivity index (χ3v) is 3.73. The minimum atomic E-state index is 0.462. The number of ether oxygens (including phenoxy) is 1. The molecule has 1 atom stereocenters. The van der Waals surface area contributed by atoms with Gasteiger partial charge in [0.25, 0.3) is 0 Å². The van der Waals surface area contributed by atoms with Crippen molar-refractivity contribution in [2.24, 2.45) is 0 Å². The van der Waals surface area contributed by atoms with Gasteiger partial charge >= 0.3 is 0 Å². The van der Waals surface area contributed by atoms with E-state index in [9.17, 15) is 0 Å². The van der Waals surface area contributed by atoms with Crippen molar-refractivity contribution in [1.29, 1.82) is 0 Å². The fourth-order valence-electron chi connectivity index (χ4n) is 2.65. The molecule has 4 nitrogen and oxygen atoms in total. The highest BCUT2D eigenvalue weighted by atomic mass is 16.5. The van der Waals surface area contributed by atoms with Crippen LogP contribution in [-0.4, -0.2) is 29.0 Å². The molecule has 106 valence electrons. The number of benzene rings is 1. The van der Waals surface area contributed by atoms with Crippen LogP contribution in [0.2, 0.25) is 0 Å². The summed E-state index contributed by atoms with van der Waals surface area (Å²) in [5, 5.41) is 7.82. The average Bonchev–Trinajstić information content (AvgIpc) is 3.17. The van der Waals surface area contributed by atoms with Gasteiger partial charge in [-0.1, -0.05) is 18.2 Å². The molecule has 0 saturated carbocycles. The lowest BCUT2D eigenvalue weighted by Crippen LogP contribution is -2.20. The zero-order chi connectivity index (χ0) is 13.6. The zero-order valence-corrected chi connectivity index (χ0v) is 11.7. The van der Waals surface area contributed by atoms with E-state index < -0.39 is 0 Å². The Bertz CT molecular complexity index is 518. The summed E-state index contributed by atoms with van der Waals surface area (Å²) < 4.78 is 7.55. The van der Waals surface area contributed by atoms with Gasteiger partial charge in [0.05, 0.1) is 11.8 Å². The molecular formula is C16H21N3O. The molecule has 0 amide bonds. The number of para-hydroxylation sites is 1. The summed E-state index contributed by atoms with van der Waals surface area (Å²) in [6.45, 7) is 2.80. The Hall–Kier alpha value is -1.65. The maximum atomic E-state index is 5.63. The Kier molecular flexibility index (Phi) is 4.46. The molecule has 0 radical (unpaired) electrons. The summed E-state index contributed by atoms with van der Waals surface area (Å²) >= 11 is 0. The molecule has 4 heteroatoms. The van der Waals surface area contributed by atoms with Crippen LogP contribution in [-0.2, 0) is 11.3 Å². The number of hydrogen-bond donors (Lipinski definition) is 1. The van der Waals surface area contributed by atoms with E-state index in [-0.39, 0.29) is 0 Å². The molecule has 0 spiro atoms. The Morgan fingerprint density at radius 1 is 1.30 bits per heavy atom. The Morgan fingerprint density at radius 2 is 2.25 bits per heavy atom. The predicted octanol–water partition coefficient (Wildman–Crippen LogP) is 2.53. The minimum Gasteiger partial charge on any atom is -0.378 e. The van der Waals surface area contributed by atoms with Crippen LogP contribution in [0.1, 0.15) is 24.8 Å². The second-order valence-electron chi connectivity index (χ2n) is 5.18. The van der Waals surface area contributed by atoms with Crippen LogP contribution in [0.5, 0.6) is 0 Å². The lowest BCUT2D eigenvalue weighted by Gasteiger charge is -2.12. The van der Waals surface area contributed by atoms with Gasteiger partial charge in [-0.15, -0.1) is 0 Å². The quantitative estimate of drug-likeness (QED) is 0.821. The van der Waals surface area contributed by atoms with Crippen molar-refractivity contribution < 1.29 is 4.74 Å². The van der Waals surface area contributed by atoms with Crippen LogP contribution in [0.3, 0.4) is 0 Å². The molecule has 1 aromatic carbocycles. The lowest BCUT2D eigenvalue weighted by molar-refractivity contribution is 0.104. The van der Waals surface area contributed by atoms with Crippen molar-refractivity contribution in [2.45, 2.75) is 31.9 Å². The zero-order valence-electron chi connectivity index (χ0n) is 11.7. The first-order valence-corrected chi connectivity index (χ1v) is 7.34. The molecule has 2 aromatic rings. The third kappa shape index (κ3) is 3.26. The fourth-order valence-corrected chi connectivity index (χ4v) is 2.65. The predicted molar refractivity (Wildman–Crippen MR) is 78.9 cm³/mol. The van der Waals surface area contributed by atoms with Gasteiger partial charge in [-0.3, -0.25) is 0 Å². The van der Waals surface area contributed by atoms with E-state index in [0.717, 1.165) is 31.8 Å². The van der Waals surface area contributed by atoms with Crippen molar-refractivity contribution in [2.75, 3.05) is 13.2 Å². The van der Waals surface area contributed by atoms with Gasteiger partial charge in [-0.05, 0) is 43.5 Å².